The number of nitrogens with zero attached hydrogens (tertiary/aromatic N) is 3. The number of rotatable bonds is 1. The van der Waals surface area contributed by atoms with Crippen LogP contribution in [0.1, 0.15) is 12.6 Å². The van der Waals surface area contributed by atoms with E-state index in [4.69, 9.17) is 0 Å². The van der Waals surface area contributed by atoms with Gasteiger partial charge in [0, 0.05) is 0 Å². The van der Waals surface area contributed by atoms with Gasteiger partial charge in [-0.15, -0.1) is 0 Å². The summed E-state index contributed by atoms with van der Waals surface area (Å²) in [6.45, 7) is 1.98. The van der Waals surface area contributed by atoms with Crippen LogP contribution in [0.2, 0.25) is 0 Å². The fourth-order valence-corrected chi connectivity index (χ4v) is 1.23. The first kappa shape index (κ1) is 7.21. The van der Waals surface area contributed by atoms with Crippen LogP contribution in [-0.4, -0.2) is 14.6 Å². The molecule has 62 valence electrons. The molecule has 0 fully saturated rings. The second-order valence-corrected chi connectivity index (χ2v) is 2.51. The van der Waals surface area contributed by atoms with E-state index in [9.17, 15) is 4.39 Å². The molecule has 0 saturated heterocycles. The van der Waals surface area contributed by atoms with Gasteiger partial charge in [0.15, 0.2) is 0 Å². The van der Waals surface area contributed by atoms with Crippen LogP contribution in [0.5, 0.6) is 0 Å². The van der Waals surface area contributed by atoms with Crippen molar-refractivity contribution < 1.29 is 4.39 Å². The van der Waals surface area contributed by atoms with Gasteiger partial charge < -0.3 is 0 Å². The molecule has 0 aliphatic heterocycles. The maximum atomic E-state index is 12.9. The molecule has 0 unspecified atom stereocenters. The van der Waals surface area contributed by atoms with Crippen LogP contribution in [0.25, 0.3) is 5.52 Å². The Kier molecular flexibility index (Phi) is 1.53. The summed E-state index contributed by atoms with van der Waals surface area (Å²) < 4.78 is 14.2. The van der Waals surface area contributed by atoms with Crippen molar-refractivity contribution in [3.63, 3.8) is 0 Å². The molecule has 3 nitrogen and oxygen atoms in total. The van der Waals surface area contributed by atoms with Gasteiger partial charge in [-0.25, -0.2) is 9.50 Å². The predicted octanol–water partition coefficient (Wildman–Crippen LogP) is 1.43. The minimum atomic E-state index is -0.345. The molecule has 0 atom stereocenters. The third-order valence-corrected chi connectivity index (χ3v) is 1.82. The first-order valence-electron chi connectivity index (χ1n) is 3.80. The van der Waals surface area contributed by atoms with Crippen molar-refractivity contribution in [2.75, 3.05) is 0 Å². The highest BCUT2D eigenvalue weighted by molar-refractivity contribution is 5.50. The van der Waals surface area contributed by atoms with Crippen molar-refractivity contribution in [1.82, 2.24) is 14.6 Å². The topological polar surface area (TPSA) is 30.2 Å². The van der Waals surface area contributed by atoms with E-state index in [1.807, 2.05) is 6.92 Å². The second kappa shape index (κ2) is 2.55. The number of hydrogen-bond donors (Lipinski definition) is 0. The van der Waals surface area contributed by atoms with Crippen LogP contribution in [-0.2, 0) is 6.42 Å². The number of hydrogen-bond acceptors (Lipinski definition) is 2. The van der Waals surface area contributed by atoms with Gasteiger partial charge in [0.2, 0.25) is 5.95 Å². The average molecular weight is 165 g/mol. The highest BCUT2D eigenvalue weighted by Gasteiger charge is 2.04. The van der Waals surface area contributed by atoms with Gasteiger partial charge in [-0.3, -0.25) is 0 Å². The van der Waals surface area contributed by atoms with Gasteiger partial charge in [-0.1, -0.05) is 6.92 Å². The largest absolute Gasteiger partial charge is 0.237 e. The quantitative estimate of drug-likeness (QED) is 0.639. The van der Waals surface area contributed by atoms with E-state index < -0.39 is 0 Å². The Morgan fingerprint density at radius 2 is 2.33 bits per heavy atom. The lowest BCUT2D eigenvalue weighted by Gasteiger charge is -1.97. The maximum absolute atomic E-state index is 12.9. The summed E-state index contributed by atoms with van der Waals surface area (Å²) in [6.07, 6.45) is 2.16. The van der Waals surface area contributed by atoms with Crippen LogP contribution in [0.15, 0.2) is 18.5 Å². The molecule has 2 aromatic rings. The van der Waals surface area contributed by atoms with Crippen molar-refractivity contribution in [3.05, 3.63) is 30.1 Å². The van der Waals surface area contributed by atoms with Crippen molar-refractivity contribution >= 4 is 5.52 Å². The number of aryl methyl sites for hydroxylation is 1. The van der Waals surface area contributed by atoms with Gasteiger partial charge in [0.05, 0.1) is 11.2 Å². The molecule has 4 heteroatoms. The summed E-state index contributed by atoms with van der Waals surface area (Å²) in [6, 6.07) is 3.08. The minimum Gasteiger partial charge on any atom is -0.237 e. The van der Waals surface area contributed by atoms with E-state index in [1.165, 1.54) is 16.9 Å². The van der Waals surface area contributed by atoms with E-state index in [1.54, 1.807) is 6.07 Å². The Bertz CT molecular complexity index is 408. The first-order chi connectivity index (χ1) is 5.83. The van der Waals surface area contributed by atoms with Crippen LogP contribution >= 0.6 is 0 Å². The molecule has 0 saturated carbocycles. The van der Waals surface area contributed by atoms with Crippen molar-refractivity contribution in [3.8, 4) is 0 Å². The molecule has 2 heterocycles. The summed E-state index contributed by atoms with van der Waals surface area (Å²) in [5.74, 6) is -0.345. The zero-order chi connectivity index (χ0) is 8.55. The molecule has 2 rings (SSSR count). The zero-order valence-electron chi connectivity index (χ0n) is 6.66. The van der Waals surface area contributed by atoms with Crippen LogP contribution in [0, 0.1) is 5.95 Å². The van der Waals surface area contributed by atoms with E-state index in [0.717, 1.165) is 17.6 Å². The lowest BCUT2D eigenvalue weighted by atomic mass is 10.3. The molecule has 0 aromatic carbocycles. The summed E-state index contributed by atoms with van der Waals surface area (Å²) in [5.41, 5.74) is 1.62. The lowest BCUT2D eigenvalue weighted by molar-refractivity contribution is 0.546. The molecule has 2 aromatic heterocycles. The van der Waals surface area contributed by atoms with Crippen LogP contribution < -0.4 is 0 Å². The third-order valence-electron chi connectivity index (χ3n) is 1.82. The molecule has 12 heavy (non-hydrogen) atoms. The summed E-state index contributed by atoms with van der Waals surface area (Å²) in [4.78, 5) is 4.04. The third kappa shape index (κ3) is 0.879. The van der Waals surface area contributed by atoms with Crippen LogP contribution in [0.3, 0.4) is 0 Å². The lowest BCUT2D eigenvalue weighted by Crippen LogP contribution is -1.99. The number of fused-ring (bicyclic) bond motifs is 1. The Morgan fingerprint density at radius 1 is 1.50 bits per heavy atom. The van der Waals surface area contributed by atoms with Gasteiger partial charge in [0.1, 0.15) is 6.33 Å². The Hall–Kier alpha value is -1.45. The zero-order valence-corrected chi connectivity index (χ0v) is 6.66. The van der Waals surface area contributed by atoms with Gasteiger partial charge in [-0.2, -0.15) is 9.49 Å². The highest BCUT2D eigenvalue weighted by Crippen LogP contribution is 2.10. The molecule has 0 amide bonds. The number of aromatic nitrogens is 3. The highest BCUT2D eigenvalue weighted by atomic mass is 19.1. The molecule has 0 N–H and O–H groups in total. The molecular formula is C8H8FN3. The van der Waals surface area contributed by atoms with E-state index in [2.05, 4.69) is 10.1 Å². The van der Waals surface area contributed by atoms with Crippen molar-refractivity contribution in [2.45, 2.75) is 13.3 Å². The van der Waals surface area contributed by atoms with E-state index in [-0.39, 0.29) is 5.95 Å². The normalized spacial score (nSPS) is 10.8. The molecule has 0 spiro atoms. The van der Waals surface area contributed by atoms with E-state index in [0.29, 0.717) is 0 Å². The maximum Gasteiger partial charge on any atom is 0.214 e. The predicted molar refractivity (Wildman–Crippen MR) is 42.3 cm³/mol. The van der Waals surface area contributed by atoms with Gasteiger partial charge in [0.25, 0.3) is 0 Å². The SMILES string of the molecule is CCc1ncnn2c(F)ccc12. The fraction of sp³-hybridized carbons (Fsp3) is 0.250. The number of halogens is 1. The summed E-state index contributed by atoms with van der Waals surface area (Å²) >= 11 is 0. The standard InChI is InChI=1S/C8H8FN3/c1-2-6-7-3-4-8(9)12(7)11-5-10-6/h3-5H,2H2,1H3. The molecule has 0 aliphatic carbocycles. The molecular weight excluding hydrogens is 157 g/mol. The van der Waals surface area contributed by atoms with Crippen LogP contribution in [0.4, 0.5) is 4.39 Å². The molecule has 0 aliphatic rings. The molecule has 0 bridgehead atoms. The Balaban J connectivity index is 2.81. The van der Waals surface area contributed by atoms with Gasteiger partial charge >= 0.3 is 0 Å². The van der Waals surface area contributed by atoms with Crippen molar-refractivity contribution in [2.24, 2.45) is 0 Å². The Morgan fingerprint density at radius 3 is 3.08 bits per heavy atom. The van der Waals surface area contributed by atoms with E-state index >= 15 is 0 Å². The smallest absolute Gasteiger partial charge is 0.214 e. The summed E-state index contributed by atoms with van der Waals surface area (Å²) in [7, 11) is 0. The average Bonchev–Trinajstić information content (AvgIpc) is 2.48. The first-order valence-corrected chi connectivity index (χ1v) is 3.80. The van der Waals surface area contributed by atoms with Crippen molar-refractivity contribution in [1.29, 1.82) is 0 Å². The fourth-order valence-electron chi connectivity index (χ4n) is 1.23. The second-order valence-electron chi connectivity index (χ2n) is 2.51. The Labute approximate surface area is 68.9 Å². The monoisotopic (exact) mass is 165 g/mol. The van der Waals surface area contributed by atoms with Gasteiger partial charge in [-0.05, 0) is 18.6 Å². The summed E-state index contributed by atoms with van der Waals surface area (Å²) in [5, 5.41) is 3.78. The minimum absolute atomic E-state index is 0.345. The molecule has 0 radical (unpaired) electrons.